The molecule has 2 rings (SSSR count). The van der Waals surface area contributed by atoms with E-state index >= 15 is 0 Å². The molecule has 1 aromatic heterocycles. The normalized spacial score (nSPS) is 18.0. The van der Waals surface area contributed by atoms with Crippen molar-refractivity contribution in [1.29, 1.82) is 5.26 Å². The Kier molecular flexibility index (Phi) is 4.38. The summed E-state index contributed by atoms with van der Waals surface area (Å²) in [4.78, 5) is 16.9. The van der Waals surface area contributed by atoms with Crippen LogP contribution in [0, 0.1) is 26.9 Å². The number of likely N-dealkylation sites (tertiary alicyclic amines) is 1. The zero-order valence-corrected chi connectivity index (χ0v) is 12.3. The molecule has 1 aliphatic rings. The number of nitro groups is 1. The monoisotopic (exact) mass is 289 g/mol. The van der Waals surface area contributed by atoms with Gasteiger partial charge in [-0.25, -0.2) is 4.98 Å². The lowest BCUT2D eigenvalue weighted by Gasteiger charge is -2.38. The van der Waals surface area contributed by atoms with Crippen molar-refractivity contribution >= 4 is 11.5 Å². The van der Waals surface area contributed by atoms with E-state index in [-0.39, 0.29) is 22.5 Å². The van der Waals surface area contributed by atoms with Gasteiger partial charge in [-0.05, 0) is 38.4 Å². The zero-order chi connectivity index (χ0) is 15.5. The Morgan fingerprint density at radius 1 is 1.57 bits per heavy atom. The SMILES string of the molecule is CN1CCC(C)(CNc2ncc(C#N)cc2[N+](=O)[O-])CC1. The highest BCUT2D eigenvalue weighted by Gasteiger charge is 2.29. The summed E-state index contributed by atoms with van der Waals surface area (Å²) in [7, 11) is 2.10. The van der Waals surface area contributed by atoms with Gasteiger partial charge in [-0.3, -0.25) is 10.1 Å². The number of hydrogen-bond donors (Lipinski definition) is 1. The molecule has 0 unspecified atom stereocenters. The van der Waals surface area contributed by atoms with Crippen molar-refractivity contribution in [2.24, 2.45) is 5.41 Å². The molecule has 0 aliphatic carbocycles. The fraction of sp³-hybridized carbons (Fsp3) is 0.571. The first-order chi connectivity index (χ1) is 9.93. The molecule has 2 heterocycles. The minimum atomic E-state index is -0.507. The molecule has 1 saturated heterocycles. The van der Waals surface area contributed by atoms with Crippen molar-refractivity contribution in [2.75, 3.05) is 32.0 Å². The van der Waals surface area contributed by atoms with Crippen LogP contribution >= 0.6 is 0 Å². The number of pyridine rings is 1. The molecule has 0 spiro atoms. The van der Waals surface area contributed by atoms with Crippen molar-refractivity contribution in [1.82, 2.24) is 9.88 Å². The molecule has 0 saturated carbocycles. The van der Waals surface area contributed by atoms with E-state index in [4.69, 9.17) is 5.26 Å². The number of rotatable bonds is 4. The van der Waals surface area contributed by atoms with Gasteiger partial charge in [0, 0.05) is 18.8 Å². The van der Waals surface area contributed by atoms with Crippen LogP contribution in [0.4, 0.5) is 11.5 Å². The van der Waals surface area contributed by atoms with Crippen LogP contribution < -0.4 is 5.32 Å². The van der Waals surface area contributed by atoms with E-state index in [9.17, 15) is 10.1 Å². The molecule has 7 heteroatoms. The molecule has 0 aromatic carbocycles. The fourth-order valence-electron chi connectivity index (χ4n) is 2.42. The van der Waals surface area contributed by atoms with E-state index in [0.717, 1.165) is 25.9 Å². The molecular weight excluding hydrogens is 270 g/mol. The highest BCUT2D eigenvalue weighted by atomic mass is 16.6. The van der Waals surface area contributed by atoms with Crippen molar-refractivity contribution in [3.8, 4) is 6.07 Å². The van der Waals surface area contributed by atoms with Gasteiger partial charge in [-0.2, -0.15) is 5.26 Å². The molecule has 0 radical (unpaired) electrons. The van der Waals surface area contributed by atoms with Crippen LogP contribution in [-0.4, -0.2) is 41.5 Å². The van der Waals surface area contributed by atoms with Gasteiger partial charge < -0.3 is 10.2 Å². The van der Waals surface area contributed by atoms with Gasteiger partial charge in [0.1, 0.15) is 6.07 Å². The predicted octanol–water partition coefficient (Wildman–Crippen LogP) is 2.01. The molecule has 0 atom stereocenters. The van der Waals surface area contributed by atoms with Crippen molar-refractivity contribution in [3.05, 3.63) is 27.9 Å². The van der Waals surface area contributed by atoms with Gasteiger partial charge >= 0.3 is 5.69 Å². The Morgan fingerprint density at radius 2 is 2.24 bits per heavy atom. The van der Waals surface area contributed by atoms with Gasteiger partial charge in [0.05, 0.1) is 10.5 Å². The Morgan fingerprint density at radius 3 is 2.81 bits per heavy atom. The first-order valence-electron chi connectivity index (χ1n) is 6.90. The zero-order valence-electron chi connectivity index (χ0n) is 12.3. The van der Waals surface area contributed by atoms with E-state index in [1.54, 1.807) is 0 Å². The molecular formula is C14H19N5O2. The third-order valence-electron chi connectivity index (χ3n) is 4.07. The summed E-state index contributed by atoms with van der Waals surface area (Å²) in [6.45, 7) is 4.88. The average Bonchev–Trinajstić information content (AvgIpc) is 2.48. The van der Waals surface area contributed by atoms with Gasteiger partial charge in [0.25, 0.3) is 0 Å². The first-order valence-corrected chi connectivity index (χ1v) is 6.90. The fourth-order valence-corrected chi connectivity index (χ4v) is 2.42. The lowest BCUT2D eigenvalue weighted by Crippen LogP contribution is -2.40. The number of nitrogens with zero attached hydrogens (tertiary/aromatic N) is 4. The summed E-state index contributed by atoms with van der Waals surface area (Å²) in [5.41, 5.74) is 0.152. The molecule has 1 fully saturated rings. The number of piperidine rings is 1. The van der Waals surface area contributed by atoms with Crippen LogP contribution in [0.2, 0.25) is 0 Å². The minimum Gasteiger partial charge on any atom is -0.364 e. The Bertz CT molecular complexity index is 573. The van der Waals surface area contributed by atoms with E-state index < -0.39 is 4.92 Å². The molecule has 0 amide bonds. The number of nitriles is 1. The summed E-state index contributed by atoms with van der Waals surface area (Å²) in [5, 5.41) is 23.0. The predicted molar refractivity (Wildman–Crippen MR) is 78.9 cm³/mol. The number of hydrogen-bond acceptors (Lipinski definition) is 6. The molecule has 1 aliphatic heterocycles. The van der Waals surface area contributed by atoms with Crippen molar-refractivity contribution in [2.45, 2.75) is 19.8 Å². The topological polar surface area (TPSA) is 95.1 Å². The van der Waals surface area contributed by atoms with Gasteiger partial charge in [0.2, 0.25) is 5.82 Å². The van der Waals surface area contributed by atoms with Gasteiger partial charge in [-0.1, -0.05) is 6.92 Å². The minimum absolute atomic E-state index is 0.107. The lowest BCUT2D eigenvalue weighted by atomic mass is 9.80. The van der Waals surface area contributed by atoms with E-state index in [2.05, 4.69) is 29.2 Å². The third-order valence-corrected chi connectivity index (χ3v) is 4.07. The Hall–Kier alpha value is -2.20. The maximum atomic E-state index is 11.1. The molecule has 0 bridgehead atoms. The molecule has 112 valence electrons. The van der Waals surface area contributed by atoms with Crippen molar-refractivity contribution < 1.29 is 4.92 Å². The average molecular weight is 289 g/mol. The molecule has 1 N–H and O–H groups in total. The van der Waals surface area contributed by atoms with E-state index in [1.165, 1.54) is 12.3 Å². The van der Waals surface area contributed by atoms with Crippen molar-refractivity contribution in [3.63, 3.8) is 0 Å². The smallest absolute Gasteiger partial charge is 0.312 e. The van der Waals surface area contributed by atoms with E-state index in [1.807, 2.05) is 6.07 Å². The van der Waals surface area contributed by atoms with E-state index in [0.29, 0.717) is 6.54 Å². The molecule has 7 nitrogen and oxygen atoms in total. The maximum Gasteiger partial charge on any atom is 0.312 e. The van der Waals surface area contributed by atoms with Crippen LogP contribution in [-0.2, 0) is 0 Å². The Labute approximate surface area is 123 Å². The quantitative estimate of drug-likeness (QED) is 0.673. The molecule has 1 aromatic rings. The summed E-state index contributed by atoms with van der Waals surface area (Å²) in [5.74, 6) is 0.235. The first kappa shape index (κ1) is 15.2. The van der Waals surface area contributed by atoms with Crippen LogP contribution in [0.15, 0.2) is 12.3 Å². The van der Waals surface area contributed by atoms with Gasteiger partial charge in [0.15, 0.2) is 0 Å². The lowest BCUT2D eigenvalue weighted by molar-refractivity contribution is -0.384. The summed E-state index contributed by atoms with van der Waals surface area (Å²) in [6, 6.07) is 3.12. The second kappa shape index (κ2) is 6.06. The highest BCUT2D eigenvalue weighted by molar-refractivity contribution is 5.58. The van der Waals surface area contributed by atoms with Crippen LogP contribution in [0.1, 0.15) is 25.3 Å². The number of aromatic nitrogens is 1. The number of nitrogens with one attached hydrogen (secondary N) is 1. The third kappa shape index (κ3) is 3.67. The molecule has 21 heavy (non-hydrogen) atoms. The van der Waals surface area contributed by atoms with Gasteiger partial charge in [-0.15, -0.1) is 0 Å². The largest absolute Gasteiger partial charge is 0.364 e. The van der Waals surface area contributed by atoms with Crippen LogP contribution in [0.3, 0.4) is 0 Å². The second-order valence-corrected chi connectivity index (χ2v) is 5.93. The Balaban J connectivity index is 2.09. The second-order valence-electron chi connectivity index (χ2n) is 5.93. The summed E-state index contributed by atoms with van der Waals surface area (Å²) in [6.07, 6.45) is 3.44. The standard InChI is InChI=1S/C14H19N5O2/c1-14(3-5-18(2)6-4-14)10-17-13-12(19(20)21)7-11(8-15)9-16-13/h7,9H,3-6,10H2,1-2H3,(H,16,17). The maximum absolute atomic E-state index is 11.1. The highest BCUT2D eigenvalue weighted by Crippen LogP contribution is 2.31. The summed E-state index contributed by atoms with van der Waals surface area (Å²) < 4.78 is 0. The number of anilines is 1. The summed E-state index contributed by atoms with van der Waals surface area (Å²) >= 11 is 0. The van der Waals surface area contributed by atoms with Crippen LogP contribution in [0.25, 0.3) is 0 Å². The van der Waals surface area contributed by atoms with Crippen LogP contribution in [0.5, 0.6) is 0 Å².